The lowest BCUT2D eigenvalue weighted by Gasteiger charge is -2.08. The van der Waals surface area contributed by atoms with Gasteiger partial charge >= 0.3 is 5.69 Å². The largest absolute Gasteiger partial charge is 0.348 e. The fraction of sp³-hybridized carbons (Fsp3) is 0.273. The molecule has 0 spiro atoms. The Hall–Kier alpha value is -1.75. The predicted molar refractivity (Wildman–Crippen MR) is 64.1 cm³/mol. The summed E-state index contributed by atoms with van der Waals surface area (Å²) in [6.45, 7) is 4.00. The summed E-state index contributed by atoms with van der Waals surface area (Å²) in [4.78, 5) is 23.6. The van der Waals surface area contributed by atoms with Crippen LogP contribution in [0.1, 0.15) is 17.1 Å². The van der Waals surface area contributed by atoms with Gasteiger partial charge in [0.2, 0.25) is 0 Å². The van der Waals surface area contributed by atoms with Gasteiger partial charge in [-0.05, 0) is 19.9 Å². The van der Waals surface area contributed by atoms with Gasteiger partial charge in [-0.25, -0.2) is 9.78 Å². The van der Waals surface area contributed by atoms with Crippen molar-refractivity contribution in [2.75, 3.05) is 0 Å². The first-order valence-corrected chi connectivity index (χ1v) is 5.45. The number of hydrogen-bond acceptors (Lipinski definition) is 4. The van der Waals surface area contributed by atoms with Crippen LogP contribution in [0, 0.1) is 13.8 Å². The Morgan fingerprint density at radius 3 is 2.65 bits per heavy atom. The maximum atomic E-state index is 11.7. The predicted octanol–water partition coefficient (Wildman–Crippen LogP) is 1.35. The van der Waals surface area contributed by atoms with E-state index in [9.17, 15) is 4.79 Å². The van der Waals surface area contributed by atoms with Crippen LogP contribution >= 0.6 is 11.6 Å². The van der Waals surface area contributed by atoms with Gasteiger partial charge < -0.3 is 0 Å². The van der Waals surface area contributed by atoms with Crippen LogP contribution in [-0.4, -0.2) is 19.5 Å². The molecule has 88 valence electrons. The van der Waals surface area contributed by atoms with E-state index in [-0.39, 0.29) is 5.69 Å². The monoisotopic (exact) mass is 250 g/mol. The van der Waals surface area contributed by atoms with Crippen molar-refractivity contribution >= 4 is 11.6 Å². The molecule has 0 amide bonds. The maximum Gasteiger partial charge on any atom is 0.348 e. The Morgan fingerprint density at radius 2 is 2.06 bits per heavy atom. The summed E-state index contributed by atoms with van der Waals surface area (Å²) >= 11 is 5.64. The van der Waals surface area contributed by atoms with Crippen LogP contribution in [0.15, 0.2) is 23.3 Å². The number of aromatic nitrogens is 4. The lowest BCUT2D eigenvalue weighted by molar-refractivity contribution is 0.678. The summed E-state index contributed by atoms with van der Waals surface area (Å²) in [5.74, 6) is 0. The number of aryl methyl sites for hydroxylation is 2. The molecule has 0 saturated heterocycles. The molecule has 0 aromatic carbocycles. The number of hydrogen-bond donors (Lipinski definition) is 0. The topological polar surface area (TPSA) is 60.7 Å². The average molecular weight is 251 g/mol. The maximum absolute atomic E-state index is 11.7. The molecule has 0 atom stereocenters. The first-order chi connectivity index (χ1) is 8.06. The van der Waals surface area contributed by atoms with Gasteiger partial charge in [-0.1, -0.05) is 11.6 Å². The van der Waals surface area contributed by atoms with E-state index in [1.807, 2.05) is 13.0 Å². The van der Waals surface area contributed by atoms with Gasteiger partial charge in [0.15, 0.2) is 0 Å². The van der Waals surface area contributed by atoms with Crippen molar-refractivity contribution in [3.63, 3.8) is 0 Å². The van der Waals surface area contributed by atoms with Crippen molar-refractivity contribution in [1.29, 1.82) is 0 Å². The summed E-state index contributed by atoms with van der Waals surface area (Å²) < 4.78 is 1.55. The van der Waals surface area contributed by atoms with E-state index in [0.29, 0.717) is 23.1 Å². The Bertz CT molecular complexity index is 591. The molecular weight excluding hydrogens is 240 g/mol. The zero-order valence-electron chi connectivity index (χ0n) is 9.51. The molecule has 0 aliphatic carbocycles. The molecule has 0 radical (unpaired) electrons. The van der Waals surface area contributed by atoms with E-state index in [1.165, 1.54) is 6.20 Å². The second-order valence-electron chi connectivity index (χ2n) is 3.74. The highest BCUT2D eigenvalue weighted by molar-refractivity contribution is 6.29. The van der Waals surface area contributed by atoms with Crippen LogP contribution in [0.2, 0.25) is 5.15 Å². The van der Waals surface area contributed by atoms with Crippen molar-refractivity contribution < 1.29 is 0 Å². The molecule has 0 fully saturated rings. The molecule has 6 heteroatoms. The molecule has 0 aliphatic rings. The van der Waals surface area contributed by atoms with Crippen LogP contribution < -0.4 is 5.69 Å². The third-order valence-corrected chi connectivity index (χ3v) is 2.54. The lowest BCUT2D eigenvalue weighted by Crippen LogP contribution is -2.26. The van der Waals surface area contributed by atoms with Crippen LogP contribution in [0.25, 0.3) is 0 Å². The summed E-state index contributed by atoms with van der Waals surface area (Å²) in [6, 6.07) is 1.85. The van der Waals surface area contributed by atoms with Crippen LogP contribution in [0.4, 0.5) is 0 Å². The van der Waals surface area contributed by atoms with Gasteiger partial charge in [0.25, 0.3) is 0 Å². The van der Waals surface area contributed by atoms with Crippen molar-refractivity contribution in [3.05, 3.63) is 51.2 Å². The SMILES string of the molecule is Cc1cc(C)n(Cc2cnc(Cl)cn2)c(=O)n1. The van der Waals surface area contributed by atoms with E-state index >= 15 is 0 Å². The van der Waals surface area contributed by atoms with E-state index in [1.54, 1.807) is 17.7 Å². The minimum Gasteiger partial charge on any atom is -0.291 e. The van der Waals surface area contributed by atoms with E-state index in [2.05, 4.69) is 15.0 Å². The molecular formula is C11H11ClN4O. The summed E-state index contributed by atoms with van der Waals surface area (Å²) in [5, 5.41) is 0.333. The third-order valence-electron chi connectivity index (χ3n) is 2.34. The molecule has 0 saturated carbocycles. The van der Waals surface area contributed by atoms with Gasteiger partial charge in [0, 0.05) is 11.4 Å². The molecule has 2 aromatic rings. The zero-order chi connectivity index (χ0) is 12.4. The average Bonchev–Trinajstić information content (AvgIpc) is 2.26. The molecule has 17 heavy (non-hydrogen) atoms. The van der Waals surface area contributed by atoms with Gasteiger partial charge in [-0.2, -0.15) is 4.98 Å². The molecule has 0 unspecified atom stereocenters. The molecule has 2 aromatic heterocycles. The number of rotatable bonds is 2. The third kappa shape index (κ3) is 2.68. The van der Waals surface area contributed by atoms with E-state index in [4.69, 9.17) is 11.6 Å². The second-order valence-corrected chi connectivity index (χ2v) is 4.13. The highest BCUT2D eigenvalue weighted by Gasteiger charge is 2.05. The van der Waals surface area contributed by atoms with Gasteiger partial charge in [-0.3, -0.25) is 9.55 Å². The molecule has 0 bridgehead atoms. The number of halogens is 1. The Labute approximate surface area is 103 Å². The normalized spacial score (nSPS) is 10.5. The van der Waals surface area contributed by atoms with Gasteiger partial charge in [0.05, 0.1) is 24.6 Å². The van der Waals surface area contributed by atoms with Crippen molar-refractivity contribution in [2.24, 2.45) is 0 Å². The fourth-order valence-corrected chi connectivity index (χ4v) is 1.65. The van der Waals surface area contributed by atoms with Gasteiger partial charge in [0.1, 0.15) is 5.15 Å². The van der Waals surface area contributed by atoms with Crippen molar-refractivity contribution in [1.82, 2.24) is 19.5 Å². The Balaban J connectivity index is 2.36. The van der Waals surface area contributed by atoms with E-state index < -0.39 is 0 Å². The van der Waals surface area contributed by atoms with E-state index in [0.717, 1.165) is 5.69 Å². The second kappa shape index (κ2) is 4.63. The van der Waals surface area contributed by atoms with Crippen LogP contribution in [0.5, 0.6) is 0 Å². The summed E-state index contributed by atoms with van der Waals surface area (Å²) in [6.07, 6.45) is 3.01. The molecule has 2 rings (SSSR count). The first kappa shape index (κ1) is 11.7. The van der Waals surface area contributed by atoms with Crippen molar-refractivity contribution in [3.8, 4) is 0 Å². The summed E-state index contributed by atoms with van der Waals surface area (Å²) in [5.41, 5.74) is 1.95. The highest BCUT2D eigenvalue weighted by Crippen LogP contribution is 2.04. The summed E-state index contributed by atoms with van der Waals surface area (Å²) in [7, 11) is 0. The Kier molecular flexibility index (Phi) is 3.19. The number of nitrogens with zero attached hydrogens (tertiary/aromatic N) is 4. The minimum atomic E-state index is -0.278. The quantitative estimate of drug-likeness (QED) is 0.807. The minimum absolute atomic E-state index is 0.278. The smallest absolute Gasteiger partial charge is 0.291 e. The van der Waals surface area contributed by atoms with Gasteiger partial charge in [-0.15, -0.1) is 0 Å². The molecule has 5 nitrogen and oxygen atoms in total. The fourth-order valence-electron chi connectivity index (χ4n) is 1.55. The molecule has 2 heterocycles. The molecule has 0 N–H and O–H groups in total. The first-order valence-electron chi connectivity index (χ1n) is 5.08. The molecule has 0 aliphatic heterocycles. The zero-order valence-corrected chi connectivity index (χ0v) is 10.3. The lowest BCUT2D eigenvalue weighted by atomic mass is 10.3. The Morgan fingerprint density at radius 1 is 1.29 bits per heavy atom. The van der Waals surface area contributed by atoms with Crippen molar-refractivity contribution in [2.45, 2.75) is 20.4 Å². The standard InChI is InChI=1S/C11H11ClN4O/c1-7-3-8(2)16(11(17)15-7)6-9-4-14-10(12)5-13-9/h3-5H,6H2,1-2H3. The highest BCUT2D eigenvalue weighted by atomic mass is 35.5. The van der Waals surface area contributed by atoms with Crippen LogP contribution in [-0.2, 0) is 6.54 Å². The van der Waals surface area contributed by atoms with Crippen LogP contribution in [0.3, 0.4) is 0 Å².